The van der Waals surface area contributed by atoms with Crippen LogP contribution in [0.3, 0.4) is 0 Å². The molecule has 16 heavy (non-hydrogen) atoms. The Morgan fingerprint density at radius 2 is 2.12 bits per heavy atom. The molecule has 2 N–H and O–H groups in total. The normalized spacial score (nSPS) is 13.1. The van der Waals surface area contributed by atoms with Crippen LogP contribution in [0.2, 0.25) is 0 Å². The number of aliphatic hydroxyl groups is 1. The lowest BCUT2D eigenvalue weighted by atomic mass is 10.0. The first-order chi connectivity index (χ1) is 7.61. The van der Waals surface area contributed by atoms with Crippen LogP contribution in [0.25, 0.3) is 0 Å². The fourth-order valence-corrected chi connectivity index (χ4v) is 1.77. The first-order valence-corrected chi connectivity index (χ1v) is 5.86. The van der Waals surface area contributed by atoms with E-state index in [0.717, 1.165) is 13.0 Å². The minimum absolute atomic E-state index is 0.181. The summed E-state index contributed by atoms with van der Waals surface area (Å²) in [6, 6.07) is 2.30. The summed E-state index contributed by atoms with van der Waals surface area (Å²) in [5.41, 5.74) is 2.34. The SMILES string of the molecule is Cc1cncc(CNC(CO)CC(C)C)c1. The molecule has 0 aliphatic rings. The van der Waals surface area contributed by atoms with Gasteiger partial charge in [0.05, 0.1) is 6.61 Å². The molecule has 1 unspecified atom stereocenters. The van der Waals surface area contributed by atoms with Crippen LogP contribution in [0.4, 0.5) is 0 Å². The third kappa shape index (κ3) is 4.73. The molecular weight excluding hydrogens is 200 g/mol. The Kier molecular flexibility index (Phi) is 5.43. The van der Waals surface area contributed by atoms with E-state index in [-0.39, 0.29) is 12.6 Å². The van der Waals surface area contributed by atoms with E-state index in [2.05, 4.69) is 30.2 Å². The smallest absolute Gasteiger partial charge is 0.0584 e. The maximum Gasteiger partial charge on any atom is 0.0584 e. The van der Waals surface area contributed by atoms with Gasteiger partial charge in [-0.25, -0.2) is 0 Å². The summed E-state index contributed by atoms with van der Waals surface area (Å²) >= 11 is 0. The van der Waals surface area contributed by atoms with Crippen molar-refractivity contribution in [2.75, 3.05) is 6.61 Å². The molecule has 0 fully saturated rings. The van der Waals surface area contributed by atoms with Gasteiger partial charge in [0.25, 0.3) is 0 Å². The minimum Gasteiger partial charge on any atom is -0.395 e. The lowest BCUT2D eigenvalue weighted by Gasteiger charge is -2.18. The first-order valence-electron chi connectivity index (χ1n) is 5.86. The van der Waals surface area contributed by atoms with Gasteiger partial charge in [-0.1, -0.05) is 19.9 Å². The van der Waals surface area contributed by atoms with Gasteiger partial charge < -0.3 is 10.4 Å². The average Bonchev–Trinajstić information content (AvgIpc) is 2.24. The topological polar surface area (TPSA) is 45.2 Å². The van der Waals surface area contributed by atoms with Crippen molar-refractivity contribution in [1.82, 2.24) is 10.3 Å². The number of hydrogen-bond acceptors (Lipinski definition) is 3. The van der Waals surface area contributed by atoms with E-state index in [1.807, 2.05) is 19.3 Å². The average molecular weight is 222 g/mol. The highest BCUT2D eigenvalue weighted by molar-refractivity contribution is 5.16. The van der Waals surface area contributed by atoms with Crippen molar-refractivity contribution in [3.05, 3.63) is 29.6 Å². The van der Waals surface area contributed by atoms with Crippen LogP contribution >= 0.6 is 0 Å². The van der Waals surface area contributed by atoms with E-state index in [1.165, 1.54) is 11.1 Å². The molecule has 90 valence electrons. The van der Waals surface area contributed by atoms with Crippen LogP contribution < -0.4 is 5.32 Å². The maximum atomic E-state index is 9.23. The zero-order valence-corrected chi connectivity index (χ0v) is 10.4. The van der Waals surface area contributed by atoms with E-state index in [1.54, 1.807) is 0 Å². The van der Waals surface area contributed by atoms with Crippen molar-refractivity contribution >= 4 is 0 Å². The molecule has 1 rings (SSSR count). The Hall–Kier alpha value is -0.930. The molecule has 0 saturated carbocycles. The van der Waals surface area contributed by atoms with Gasteiger partial charge in [-0.05, 0) is 30.4 Å². The fraction of sp³-hybridized carbons (Fsp3) is 0.615. The van der Waals surface area contributed by atoms with Crippen molar-refractivity contribution in [2.45, 2.75) is 39.8 Å². The van der Waals surface area contributed by atoms with Crippen molar-refractivity contribution in [1.29, 1.82) is 0 Å². The second kappa shape index (κ2) is 6.61. The third-order valence-corrected chi connectivity index (χ3v) is 2.50. The van der Waals surface area contributed by atoms with E-state index in [4.69, 9.17) is 0 Å². The number of hydrogen-bond donors (Lipinski definition) is 2. The predicted octanol–water partition coefficient (Wildman–Crippen LogP) is 1.89. The standard InChI is InChI=1S/C13H22N2O/c1-10(2)4-13(9-16)15-8-12-5-11(3)6-14-7-12/h5-7,10,13,15-16H,4,8-9H2,1-3H3. The number of nitrogens with zero attached hydrogens (tertiary/aromatic N) is 1. The van der Waals surface area contributed by atoms with Crippen molar-refractivity contribution < 1.29 is 5.11 Å². The van der Waals surface area contributed by atoms with E-state index in [0.29, 0.717) is 5.92 Å². The van der Waals surface area contributed by atoms with Gasteiger partial charge in [-0.2, -0.15) is 0 Å². The van der Waals surface area contributed by atoms with Gasteiger partial charge >= 0.3 is 0 Å². The second-order valence-electron chi connectivity index (χ2n) is 4.76. The van der Waals surface area contributed by atoms with E-state index in [9.17, 15) is 5.11 Å². The number of aromatic nitrogens is 1. The molecule has 3 heteroatoms. The Labute approximate surface area is 97.9 Å². The minimum atomic E-state index is 0.181. The largest absolute Gasteiger partial charge is 0.395 e. The maximum absolute atomic E-state index is 9.23. The zero-order chi connectivity index (χ0) is 12.0. The molecule has 0 aliphatic carbocycles. The molecule has 0 aromatic carbocycles. The van der Waals surface area contributed by atoms with Crippen LogP contribution in [0.15, 0.2) is 18.5 Å². The molecule has 0 amide bonds. The Morgan fingerprint density at radius 3 is 2.69 bits per heavy atom. The summed E-state index contributed by atoms with van der Waals surface area (Å²) in [4.78, 5) is 4.15. The highest BCUT2D eigenvalue weighted by Gasteiger charge is 2.08. The molecule has 1 aromatic heterocycles. The molecule has 1 heterocycles. The van der Waals surface area contributed by atoms with Gasteiger partial charge in [0, 0.05) is 25.0 Å². The fourth-order valence-electron chi connectivity index (χ4n) is 1.77. The summed E-state index contributed by atoms with van der Waals surface area (Å²) in [7, 11) is 0. The van der Waals surface area contributed by atoms with Crippen LogP contribution in [0.5, 0.6) is 0 Å². The number of aryl methyl sites for hydroxylation is 1. The van der Waals surface area contributed by atoms with Gasteiger partial charge in [-0.15, -0.1) is 0 Å². The van der Waals surface area contributed by atoms with E-state index >= 15 is 0 Å². The molecule has 1 aromatic rings. The number of nitrogens with one attached hydrogen (secondary N) is 1. The predicted molar refractivity (Wildman–Crippen MR) is 66.1 cm³/mol. The lowest BCUT2D eigenvalue weighted by molar-refractivity contribution is 0.223. The van der Waals surface area contributed by atoms with Crippen LogP contribution in [0, 0.1) is 12.8 Å². The Balaban J connectivity index is 2.43. The quantitative estimate of drug-likeness (QED) is 0.772. The third-order valence-electron chi connectivity index (χ3n) is 2.50. The molecule has 0 aliphatic heterocycles. The molecule has 0 bridgehead atoms. The Bertz CT molecular complexity index is 313. The summed E-state index contributed by atoms with van der Waals surface area (Å²) in [6.07, 6.45) is 4.71. The van der Waals surface area contributed by atoms with Crippen molar-refractivity contribution in [3.63, 3.8) is 0 Å². The highest BCUT2D eigenvalue weighted by atomic mass is 16.3. The first kappa shape index (κ1) is 13.1. The van der Waals surface area contributed by atoms with Crippen LogP contribution in [-0.2, 0) is 6.54 Å². The molecule has 3 nitrogen and oxygen atoms in total. The van der Waals surface area contributed by atoms with Gasteiger partial charge in [0.2, 0.25) is 0 Å². The van der Waals surface area contributed by atoms with Crippen molar-refractivity contribution in [3.8, 4) is 0 Å². The lowest BCUT2D eigenvalue weighted by Crippen LogP contribution is -2.33. The van der Waals surface area contributed by atoms with Gasteiger partial charge in [0.15, 0.2) is 0 Å². The summed E-state index contributed by atoms with van der Waals surface area (Å²) < 4.78 is 0. The molecule has 0 saturated heterocycles. The molecule has 0 spiro atoms. The van der Waals surface area contributed by atoms with Crippen LogP contribution in [-0.4, -0.2) is 22.7 Å². The molecular formula is C13H22N2O. The summed E-state index contributed by atoms with van der Waals surface area (Å²) in [6.45, 7) is 7.33. The van der Waals surface area contributed by atoms with Gasteiger partial charge in [0.1, 0.15) is 0 Å². The van der Waals surface area contributed by atoms with Crippen LogP contribution in [0.1, 0.15) is 31.4 Å². The summed E-state index contributed by atoms with van der Waals surface area (Å²) in [5, 5.41) is 12.6. The number of aliphatic hydroxyl groups excluding tert-OH is 1. The molecule has 0 radical (unpaired) electrons. The van der Waals surface area contributed by atoms with Crippen molar-refractivity contribution in [2.24, 2.45) is 5.92 Å². The number of rotatable bonds is 6. The van der Waals surface area contributed by atoms with E-state index < -0.39 is 0 Å². The van der Waals surface area contributed by atoms with Gasteiger partial charge in [-0.3, -0.25) is 4.98 Å². The monoisotopic (exact) mass is 222 g/mol. The highest BCUT2D eigenvalue weighted by Crippen LogP contribution is 2.06. The Morgan fingerprint density at radius 1 is 1.38 bits per heavy atom. The second-order valence-corrected chi connectivity index (χ2v) is 4.76. The summed E-state index contributed by atoms with van der Waals surface area (Å²) in [5.74, 6) is 0.597. The number of pyridine rings is 1. The zero-order valence-electron chi connectivity index (χ0n) is 10.4. The molecule has 1 atom stereocenters.